The average molecular weight is 430 g/mol. The fourth-order valence-corrected chi connectivity index (χ4v) is 4.31. The van der Waals surface area contributed by atoms with Gasteiger partial charge < -0.3 is 24.0 Å². The normalized spacial score (nSPS) is 29.8. The number of aromatic nitrogens is 2. The van der Waals surface area contributed by atoms with E-state index in [2.05, 4.69) is 20.9 Å². The van der Waals surface area contributed by atoms with Gasteiger partial charge >= 0.3 is 6.09 Å². The van der Waals surface area contributed by atoms with Crippen LogP contribution in [0.15, 0.2) is 10.8 Å². The van der Waals surface area contributed by atoms with E-state index in [1.807, 2.05) is 38.6 Å². The Kier molecular flexibility index (Phi) is 5.13. The third kappa shape index (κ3) is 4.07. The van der Waals surface area contributed by atoms with Gasteiger partial charge in [0.2, 0.25) is 0 Å². The fraction of sp³-hybridized carbons (Fsp3) is 0.778. The van der Waals surface area contributed by atoms with Gasteiger partial charge in [-0.3, -0.25) is 0 Å². The number of amides is 1. The number of aryl methyl sites for hydroxylation is 1. The number of hydrogen-bond donors (Lipinski definition) is 1. The van der Waals surface area contributed by atoms with Crippen molar-refractivity contribution in [3.8, 4) is 0 Å². The maximum Gasteiger partial charge on any atom is 0.410 e. The summed E-state index contributed by atoms with van der Waals surface area (Å²) in [4.78, 5) is 18.6. The largest absolute Gasteiger partial charge is 0.444 e. The van der Waals surface area contributed by atoms with E-state index < -0.39 is 16.8 Å². The predicted molar refractivity (Wildman–Crippen MR) is 99.8 cm³/mol. The summed E-state index contributed by atoms with van der Waals surface area (Å²) in [6.45, 7) is 7.13. The zero-order valence-corrected chi connectivity index (χ0v) is 17.5. The summed E-state index contributed by atoms with van der Waals surface area (Å²) in [7, 11) is 1.89. The highest BCUT2D eigenvalue weighted by Gasteiger charge is 2.48. The lowest BCUT2D eigenvalue weighted by Gasteiger charge is -2.48. The molecule has 1 N–H and O–H groups in total. The molecule has 1 amide bonds. The Hall–Kier alpha value is -1.12. The molecular weight excluding hydrogens is 402 g/mol. The molecule has 1 aliphatic heterocycles. The zero-order chi connectivity index (χ0) is 19.2. The van der Waals surface area contributed by atoms with Gasteiger partial charge in [-0.2, -0.15) is 0 Å². The number of halogens is 1. The molecule has 0 atom stereocenters. The fourth-order valence-electron chi connectivity index (χ4n) is 3.83. The number of carbonyl (C=O) groups excluding carboxylic acids is 1. The lowest BCUT2D eigenvalue weighted by Crippen LogP contribution is -2.57. The Labute approximate surface area is 162 Å². The number of morpholine rings is 1. The Morgan fingerprint density at radius 3 is 2.54 bits per heavy atom. The molecule has 2 aliphatic rings. The standard InChI is InChI=1S/C18H28BrN3O4/c1-16(2,3)26-15(23)22-9-10-25-17(12-22)5-7-18(24,8-6-17)14-20-13(19)11-21(14)4/h11,24H,5-10,12H2,1-4H3. The van der Waals surface area contributed by atoms with E-state index in [0.29, 0.717) is 55.8 Å². The summed E-state index contributed by atoms with van der Waals surface area (Å²) in [6, 6.07) is 0. The summed E-state index contributed by atoms with van der Waals surface area (Å²) in [5.74, 6) is 0.666. The lowest BCUT2D eigenvalue weighted by atomic mass is 9.74. The SMILES string of the molecule is Cn1cc(Br)nc1C1(O)CCC2(CC1)CN(C(=O)OC(C)(C)C)CCO2. The molecule has 1 spiro atoms. The number of aliphatic hydroxyl groups is 1. The molecule has 2 fully saturated rings. The van der Waals surface area contributed by atoms with Crippen LogP contribution in [0.4, 0.5) is 4.79 Å². The number of nitrogens with zero attached hydrogens (tertiary/aromatic N) is 3. The van der Waals surface area contributed by atoms with Crippen LogP contribution in [0.1, 0.15) is 52.3 Å². The highest BCUT2D eigenvalue weighted by atomic mass is 79.9. The molecule has 1 aromatic rings. The monoisotopic (exact) mass is 429 g/mol. The van der Waals surface area contributed by atoms with Crippen molar-refractivity contribution in [2.45, 2.75) is 63.3 Å². The van der Waals surface area contributed by atoms with Crippen LogP contribution in [0, 0.1) is 0 Å². The minimum atomic E-state index is -0.969. The second kappa shape index (κ2) is 6.80. The molecule has 3 rings (SSSR count). The smallest absolute Gasteiger partial charge is 0.410 e. The summed E-state index contributed by atoms with van der Waals surface area (Å²) in [5.41, 5.74) is -1.89. The second-order valence-corrected chi connectivity index (χ2v) is 9.28. The van der Waals surface area contributed by atoms with Gasteiger partial charge in [0.25, 0.3) is 0 Å². The van der Waals surface area contributed by atoms with Gasteiger partial charge in [0.1, 0.15) is 21.6 Å². The molecule has 1 aliphatic carbocycles. The van der Waals surface area contributed by atoms with E-state index in [-0.39, 0.29) is 6.09 Å². The molecule has 0 unspecified atom stereocenters. The first-order valence-corrected chi connectivity index (χ1v) is 9.85. The van der Waals surface area contributed by atoms with Crippen LogP contribution in [0.3, 0.4) is 0 Å². The van der Waals surface area contributed by atoms with Gasteiger partial charge in [-0.15, -0.1) is 0 Å². The van der Waals surface area contributed by atoms with Crippen molar-refractivity contribution in [3.05, 3.63) is 16.6 Å². The number of imidazole rings is 1. The molecule has 2 heterocycles. The van der Waals surface area contributed by atoms with Crippen LogP contribution >= 0.6 is 15.9 Å². The van der Waals surface area contributed by atoms with E-state index >= 15 is 0 Å². The summed E-state index contributed by atoms with van der Waals surface area (Å²) in [5, 5.41) is 11.1. The molecule has 8 heteroatoms. The number of carbonyl (C=O) groups is 1. The molecule has 146 valence electrons. The first-order valence-electron chi connectivity index (χ1n) is 9.06. The van der Waals surface area contributed by atoms with Gasteiger partial charge in [-0.1, -0.05) is 0 Å². The Morgan fingerprint density at radius 2 is 2.00 bits per heavy atom. The van der Waals surface area contributed by atoms with Crippen LogP contribution in [0.5, 0.6) is 0 Å². The third-order valence-electron chi connectivity index (χ3n) is 5.15. The summed E-state index contributed by atoms with van der Waals surface area (Å²) < 4.78 is 14.2. The third-order valence-corrected chi connectivity index (χ3v) is 5.53. The van der Waals surface area contributed by atoms with E-state index in [1.54, 1.807) is 4.90 Å². The quantitative estimate of drug-likeness (QED) is 0.742. The second-order valence-electron chi connectivity index (χ2n) is 8.46. The predicted octanol–water partition coefficient (Wildman–Crippen LogP) is 2.95. The molecular formula is C18H28BrN3O4. The van der Waals surface area contributed by atoms with E-state index in [9.17, 15) is 9.90 Å². The maximum atomic E-state index is 12.4. The molecule has 0 bridgehead atoms. The Morgan fingerprint density at radius 1 is 1.35 bits per heavy atom. The molecule has 1 saturated heterocycles. The Balaban J connectivity index is 1.68. The molecule has 1 saturated carbocycles. The highest BCUT2D eigenvalue weighted by Crippen LogP contribution is 2.44. The number of rotatable bonds is 1. The van der Waals surface area contributed by atoms with Crippen molar-refractivity contribution < 1.29 is 19.4 Å². The molecule has 26 heavy (non-hydrogen) atoms. The summed E-state index contributed by atoms with van der Waals surface area (Å²) in [6.07, 6.45) is 3.99. The van der Waals surface area contributed by atoms with Gasteiger partial charge in [0, 0.05) is 19.8 Å². The number of ether oxygens (including phenoxy) is 2. The van der Waals surface area contributed by atoms with E-state index in [1.165, 1.54) is 0 Å². The Bertz CT molecular complexity index is 674. The topological polar surface area (TPSA) is 76.8 Å². The van der Waals surface area contributed by atoms with Crippen LogP contribution in [-0.4, -0.2) is 56.5 Å². The van der Waals surface area contributed by atoms with Crippen molar-refractivity contribution in [2.24, 2.45) is 7.05 Å². The van der Waals surface area contributed by atoms with Crippen LogP contribution in [0.2, 0.25) is 0 Å². The van der Waals surface area contributed by atoms with E-state index in [4.69, 9.17) is 9.47 Å². The zero-order valence-electron chi connectivity index (χ0n) is 15.9. The minimum Gasteiger partial charge on any atom is -0.444 e. The van der Waals surface area contributed by atoms with E-state index in [0.717, 1.165) is 0 Å². The van der Waals surface area contributed by atoms with Crippen molar-refractivity contribution in [2.75, 3.05) is 19.7 Å². The molecule has 0 radical (unpaired) electrons. The van der Waals surface area contributed by atoms with Crippen molar-refractivity contribution >= 4 is 22.0 Å². The lowest BCUT2D eigenvalue weighted by molar-refractivity contribution is -0.157. The van der Waals surface area contributed by atoms with Crippen molar-refractivity contribution in [3.63, 3.8) is 0 Å². The maximum absolute atomic E-state index is 12.4. The highest BCUT2D eigenvalue weighted by molar-refractivity contribution is 9.10. The molecule has 0 aromatic carbocycles. The first-order chi connectivity index (χ1) is 12.0. The molecule has 7 nitrogen and oxygen atoms in total. The van der Waals surface area contributed by atoms with Gasteiger partial charge in [0.15, 0.2) is 0 Å². The molecule has 1 aromatic heterocycles. The van der Waals surface area contributed by atoms with Gasteiger partial charge in [0.05, 0.1) is 18.8 Å². The van der Waals surface area contributed by atoms with Crippen molar-refractivity contribution in [1.82, 2.24) is 14.5 Å². The van der Waals surface area contributed by atoms with Gasteiger partial charge in [-0.05, 0) is 62.4 Å². The average Bonchev–Trinajstić information content (AvgIpc) is 2.89. The van der Waals surface area contributed by atoms with Crippen molar-refractivity contribution in [1.29, 1.82) is 0 Å². The summed E-state index contributed by atoms with van der Waals surface area (Å²) >= 11 is 3.37. The number of hydrogen-bond acceptors (Lipinski definition) is 5. The van der Waals surface area contributed by atoms with Crippen LogP contribution in [-0.2, 0) is 22.1 Å². The van der Waals surface area contributed by atoms with Crippen LogP contribution in [0.25, 0.3) is 0 Å². The van der Waals surface area contributed by atoms with Gasteiger partial charge in [-0.25, -0.2) is 9.78 Å². The minimum absolute atomic E-state index is 0.297. The first kappa shape index (κ1) is 19.6. The van der Waals surface area contributed by atoms with Crippen LogP contribution < -0.4 is 0 Å².